The zero-order valence-electron chi connectivity index (χ0n) is 13.4. The molecule has 0 aromatic heterocycles. The number of rotatable bonds is 5. The van der Waals surface area contributed by atoms with Gasteiger partial charge in [-0.15, -0.1) is 0 Å². The molecule has 0 spiro atoms. The van der Waals surface area contributed by atoms with E-state index in [1.807, 2.05) is 13.0 Å². The number of β-amino-alcohol motifs (C(OH)–C–C–N with tert-alkyl or cyclic N) is 1. The van der Waals surface area contributed by atoms with Crippen molar-refractivity contribution in [1.82, 2.24) is 4.90 Å². The Morgan fingerprint density at radius 1 is 1.29 bits per heavy atom. The molecule has 24 heavy (non-hydrogen) atoms. The summed E-state index contributed by atoms with van der Waals surface area (Å²) in [5.74, 6) is -0.832. The maximum Gasteiger partial charge on any atom is 0.277 e. The van der Waals surface area contributed by atoms with Crippen LogP contribution in [0.4, 0.5) is 11.4 Å². The molecular formula is C17H19N3O4. The lowest BCUT2D eigenvalue weighted by Crippen LogP contribution is -2.34. The Kier molecular flexibility index (Phi) is 4.35. The van der Waals surface area contributed by atoms with Crippen molar-refractivity contribution in [3.05, 3.63) is 36.0 Å². The Morgan fingerprint density at radius 3 is 2.75 bits per heavy atom. The molecule has 1 atom stereocenters. The summed E-state index contributed by atoms with van der Waals surface area (Å²) in [6.07, 6.45) is 2.58. The van der Waals surface area contributed by atoms with Gasteiger partial charge < -0.3 is 15.3 Å². The molecule has 1 aromatic rings. The molecule has 0 saturated carbocycles. The number of anilines is 2. The normalized spacial score (nSPS) is 20.8. The minimum Gasteiger partial charge on any atom is -0.395 e. The van der Waals surface area contributed by atoms with Crippen LogP contribution < -0.4 is 10.2 Å². The molecule has 7 heteroatoms. The number of nitrogens with one attached hydrogen (secondary N) is 1. The van der Waals surface area contributed by atoms with Crippen LogP contribution in [0.15, 0.2) is 36.0 Å². The van der Waals surface area contributed by atoms with Gasteiger partial charge in [0, 0.05) is 29.9 Å². The van der Waals surface area contributed by atoms with Gasteiger partial charge in [-0.25, -0.2) is 0 Å². The Bertz CT molecular complexity index is 728. The number of aliphatic hydroxyl groups excluding tert-OH is 1. The molecule has 1 saturated heterocycles. The van der Waals surface area contributed by atoms with E-state index in [4.69, 9.17) is 5.11 Å². The summed E-state index contributed by atoms with van der Waals surface area (Å²) in [6.45, 7) is 1.70. The lowest BCUT2D eigenvalue weighted by atomic mass is 10.2. The van der Waals surface area contributed by atoms with Crippen LogP contribution in [0.25, 0.3) is 0 Å². The van der Waals surface area contributed by atoms with E-state index in [1.54, 1.807) is 23.1 Å². The summed E-state index contributed by atoms with van der Waals surface area (Å²) >= 11 is 0. The lowest BCUT2D eigenvalue weighted by molar-refractivity contribution is -0.137. The molecule has 1 fully saturated rings. The van der Waals surface area contributed by atoms with Gasteiger partial charge in [-0.05, 0) is 31.5 Å². The third-order valence-electron chi connectivity index (χ3n) is 4.22. The highest BCUT2D eigenvalue weighted by atomic mass is 16.3. The fraction of sp³-hybridized carbons (Fsp3) is 0.353. The fourth-order valence-electron chi connectivity index (χ4n) is 3.03. The number of hydrogen-bond acceptors (Lipinski definition) is 5. The van der Waals surface area contributed by atoms with Gasteiger partial charge in [-0.2, -0.15) is 0 Å². The number of carbonyl (C=O) groups is 3. The average Bonchev–Trinajstić information content (AvgIpc) is 3.02. The maximum absolute atomic E-state index is 12.2. The summed E-state index contributed by atoms with van der Waals surface area (Å²) in [7, 11) is 0. The Labute approximate surface area is 139 Å². The first kappa shape index (κ1) is 16.2. The van der Waals surface area contributed by atoms with Gasteiger partial charge in [0.1, 0.15) is 5.70 Å². The van der Waals surface area contributed by atoms with Crippen molar-refractivity contribution < 1.29 is 19.5 Å². The van der Waals surface area contributed by atoms with Gasteiger partial charge in [-0.3, -0.25) is 19.3 Å². The average molecular weight is 329 g/mol. The molecule has 7 nitrogen and oxygen atoms in total. The summed E-state index contributed by atoms with van der Waals surface area (Å²) in [5.41, 5.74) is 1.55. The van der Waals surface area contributed by atoms with Gasteiger partial charge >= 0.3 is 0 Å². The fourth-order valence-corrected chi connectivity index (χ4v) is 3.03. The Hall–Kier alpha value is -2.67. The topological polar surface area (TPSA) is 90.0 Å². The van der Waals surface area contributed by atoms with E-state index in [2.05, 4.69) is 5.32 Å². The van der Waals surface area contributed by atoms with Crippen molar-refractivity contribution in [1.29, 1.82) is 0 Å². The minimum atomic E-state index is -0.468. The second-order valence-corrected chi connectivity index (χ2v) is 5.90. The largest absolute Gasteiger partial charge is 0.395 e. The van der Waals surface area contributed by atoms with Gasteiger partial charge in [0.15, 0.2) is 0 Å². The zero-order valence-corrected chi connectivity index (χ0v) is 13.4. The van der Waals surface area contributed by atoms with Crippen molar-refractivity contribution in [2.45, 2.75) is 25.8 Å². The van der Waals surface area contributed by atoms with Crippen LogP contribution in [-0.2, 0) is 14.4 Å². The third-order valence-corrected chi connectivity index (χ3v) is 4.22. The summed E-state index contributed by atoms with van der Waals surface area (Å²) in [4.78, 5) is 38.7. The standard InChI is InChI=1S/C17H19N3O4/c1-11-5-6-15(22)20(11)13-4-2-3-12(9-13)18-14-10-16(23)19(7-8-21)17(14)24/h2-4,9-11,18,21H,5-8H2,1H3. The molecule has 0 radical (unpaired) electrons. The number of amides is 3. The van der Waals surface area contributed by atoms with Gasteiger partial charge in [-0.1, -0.05) is 6.07 Å². The van der Waals surface area contributed by atoms with E-state index >= 15 is 0 Å². The lowest BCUT2D eigenvalue weighted by Gasteiger charge is -2.22. The number of aliphatic hydroxyl groups is 1. The Morgan fingerprint density at radius 2 is 2.08 bits per heavy atom. The second-order valence-electron chi connectivity index (χ2n) is 5.90. The molecule has 2 aliphatic rings. The van der Waals surface area contributed by atoms with Crippen LogP contribution >= 0.6 is 0 Å². The predicted molar refractivity (Wildman–Crippen MR) is 88.1 cm³/mol. The molecule has 126 valence electrons. The minimum absolute atomic E-state index is 0.0286. The Balaban J connectivity index is 1.79. The molecule has 2 N–H and O–H groups in total. The van der Waals surface area contributed by atoms with Crippen molar-refractivity contribution in [3.63, 3.8) is 0 Å². The van der Waals surface area contributed by atoms with E-state index in [-0.39, 0.29) is 30.8 Å². The highest BCUT2D eigenvalue weighted by Crippen LogP contribution is 2.29. The number of imide groups is 1. The van der Waals surface area contributed by atoms with Crippen molar-refractivity contribution >= 4 is 29.1 Å². The zero-order chi connectivity index (χ0) is 17.3. The first-order chi connectivity index (χ1) is 11.5. The van der Waals surface area contributed by atoms with E-state index in [9.17, 15) is 14.4 Å². The smallest absolute Gasteiger partial charge is 0.277 e. The first-order valence-corrected chi connectivity index (χ1v) is 7.89. The van der Waals surface area contributed by atoms with Crippen molar-refractivity contribution in [2.75, 3.05) is 23.4 Å². The van der Waals surface area contributed by atoms with Gasteiger partial charge in [0.05, 0.1) is 13.2 Å². The van der Waals surface area contributed by atoms with Crippen LogP contribution in [-0.4, -0.2) is 46.9 Å². The van der Waals surface area contributed by atoms with Gasteiger partial charge in [0.2, 0.25) is 5.91 Å². The highest BCUT2D eigenvalue weighted by Gasteiger charge is 2.31. The second kappa shape index (κ2) is 6.45. The molecule has 2 aliphatic heterocycles. The molecular weight excluding hydrogens is 310 g/mol. The first-order valence-electron chi connectivity index (χ1n) is 7.89. The number of benzene rings is 1. The number of nitrogens with zero attached hydrogens (tertiary/aromatic N) is 2. The van der Waals surface area contributed by atoms with Gasteiger partial charge in [0.25, 0.3) is 11.8 Å². The van der Waals surface area contributed by atoms with E-state index in [0.29, 0.717) is 12.1 Å². The van der Waals surface area contributed by atoms with Crippen LogP contribution in [0, 0.1) is 0 Å². The highest BCUT2D eigenvalue weighted by molar-refractivity contribution is 6.17. The summed E-state index contributed by atoms with van der Waals surface area (Å²) in [5, 5.41) is 11.9. The van der Waals surface area contributed by atoms with Crippen LogP contribution in [0.1, 0.15) is 19.8 Å². The van der Waals surface area contributed by atoms with E-state index < -0.39 is 11.8 Å². The number of hydrogen-bond donors (Lipinski definition) is 2. The third kappa shape index (κ3) is 2.90. The van der Waals surface area contributed by atoms with Crippen LogP contribution in [0.3, 0.4) is 0 Å². The van der Waals surface area contributed by atoms with E-state index in [1.165, 1.54) is 6.08 Å². The van der Waals surface area contributed by atoms with Crippen LogP contribution in [0.2, 0.25) is 0 Å². The molecule has 3 amide bonds. The van der Waals surface area contributed by atoms with Crippen molar-refractivity contribution in [2.24, 2.45) is 0 Å². The molecule has 0 aliphatic carbocycles. The van der Waals surface area contributed by atoms with Crippen LogP contribution in [0.5, 0.6) is 0 Å². The summed E-state index contributed by atoms with van der Waals surface area (Å²) in [6, 6.07) is 7.33. The SMILES string of the molecule is CC1CCC(=O)N1c1cccc(NC2=CC(=O)N(CCO)C2=O)c1. The maximum atomic E-state index is 12.2. The molecule has 1 aromatic carbocycles. The monoisotopic (exact) mass is 329 g/mol. The quantitative estimate of drug-likeness (QED) is 0.782. The van der Waals surface area contributed by atoms with Crippen molar-refractivity contribution in [3.8, 4) is 0 Å². The number of carbonyl (C=O) groups excluding carboxylic acids is 3. The van der Waals surface area contributed by atoms with E-state index in [0.717, 1.165) is 17.0 Å². The predicted octanol–water partition coefficient (Wildman–Crippen LogP) is 0.859. The molecule has 1 unspecified atom stereocenters. The molecule has 0 bridgehead atoms. The summed E-state index contributed by atoms with van der Waals surface area (Å²) < 4.78 is 0. The molecule has 3 rings (SSSR count). The molecule has 2 heterocycles.